The first-order valence-electron chi connectivity index (χ1n) is 8.66. The van der Waals surface area contributed by atoms with Gasteiger partial charge in [-0.2, -0.15) is 0 Å². The van der Waals surface area contributed by atoms with Gasteiger partial charge in [0.1, 0.15) is 5.82 Å². The lowest BCUT2D eigenvalue weighted by Crippen LogP contribution is -2.45. The molecule has 0 aliphatic carbocycles. The normalized spacial score (nSPS) is 17.0. The second-order valence-corrected chi connectivity index (χ2v) is 6.67. The molecule has 1 unspecified atom stereocenters. The smallest absolute Gasteiger partial charge is 0.133 e. The van der Waals surface area contributed by atoms with Crippen molar-refractivity contribution < 1.29 is 0 Å². The lowest BCUT2D eigenvalue weighted by Gasteiger charge is -2.34. The van der Waals surface area contributed by atoms with Crippen LogP contribution in [0, 0.1) is 6.92 Å². The molecule has 0 saturated carbocycles. The molecule has 0 amide bonds. The molecule has 3 rings (SSSR count). The van der Waals surface area contributed by atoms with Crippen molar-refractivity contribution in [2.45, 2.75) is 26.4 Å². The summed E-state index contributed by atoms with van der Waals surface area (Å²) in [5.41, 5.74) is 3.68. The van der Waals surface area contributed by atoms with Gasteiger partial charge in [-0.25, -0.2) is 4.98 Å². The number of aryl methyl sites for hydroxylation is 1. The van der Waals surface area contributed by atoms with Crippen LogP contribution in [0.5, 0.6) is 0 Å². The van der Waals surface area contributed by atoms with E-state index < -0.39 is 0 Å². The molecule has 1 atom stereocenters. The quantitative estimate of drug-likeness (QED) is 0.914. The van der Waals surface area contributed by atoms with E-state index in [1.165, 1.54) is 16.7 Å². The molecule has 5 nitrogen and oxygen atoms in total. The molecule has 2 aromatic heterocycles. The molecule has 1 fully saturated rings. The van der Waals surface area contributed by atoms with Gasteiger partial charge in [0.05, 0.1) is 0 Å². The predicted molar refractivity (Wildman–Crippen MR) is 98.2 cm³/mol. The van der Waals surface area contributed by atoms with E-state index in [-0.39, 0.29) is 6.04 Å². The Bertz CT molecular complexity index is 664. The first-order valence-corrected chi connectivity index (χ1v) is 8.66. The van der Waals surface area contributed by atoms with E-state index in [4.69, 9.17) is 0 Å². The minimum Gasteiger partial charge on any atom is -0.354 e. The summed E-state index contributed by atoms with van der Waals surface area (Å²) in [6.45, 7) is 9.34. The Labute approximate surface area is 144 Å². The Balaban J connectivity index is 1.67. The molecule has 2 aromatic rings. The van der Waals surface area contributed by atoms with Crippen molar-refractivity contribution in [2.75, 3.05) is 38.1 Å². The fraction of sp³-hybridized carbons (Fsp3) is 0.474. The standard InChI is InChI=1S/C19H27N5/c1-15-11-18(13-20-12-15)16(2)22-14-17-5-4-6-21-19(17)24-9-7-23(3)8-10-24/h4-6,11-13,16,22H,7-10,14H2,1-3H3. The van der Waals surface area contributed by atoms with Gasteiger partial charge >= 0.3 is 0 Å². The zero-order valence-electron chi connectivity index (χ0n) is 14.9. The van der Waals surface area contributed by atoms with Crippen molar-refractivity contribution in [1.82, 2.24) is 20.2 Å². The van der Waals surface area contributed by atoms with Crippen LogP contribution in [0.2, 0.25) is 0 Å². The summed E-state index contributed by atoms with van der Waals surface area (Å²) in [5.74, 6) is 1.12. The molecule has 0 bridgehead atoms. The van der Waals surface area contributed by atoms with Crippen molar-refractivity contribution in [1.29, 1.82) is 0 Å². The van der Waals surface area contributed by atoms with E-state index in [0.29, 0.717) is 0 Å². The molecular formula is C19H27N5. The molecule has 0 spiro atoms. The van der Waals surface area contributed by atoms with E-state index in [9.17, 15) is 0 Å². The van der Waals surface area contributed by atoms with Crippen molar-refractivity contribution in [2.24, 2.45) is 0 Å². The number of nitrogens with one attached hydrogen (secondary N) is 1. The molecule has 1 N–H and O–H groups in total. The van der Waals surface area contributed by atoms with Gasteiger partial charge in [0.25, 0.3) is 0 Å². The maximum atomic E-state index is 4.65. The summed E-state index contributed by atoms with van der Waals surface area (Å²) in [5, 5.41) is 3.61. The fourth-order valence-corrected chi connectivity index (χ4v) is 3.07. The van der Waals surface area contributed by atoms with Gasteiger partial charge in [0.15, 0.2) is 0 Å². The summed E-state index contributed by atoms with van der Waals surface area (Å²) in [7, 11) is 2.18. The van der Waals surface area contributed by atoms with Crippen LogP contribution in [0.15, 0.2) is 36.8 Å². The number of anilines is 1. The van der Waals surface area contributed by atoms with Crippen LogP contribution >= 0.6 is 0 Å². The average Bonchev–Trinajstić information content (AvgIpc) is 2.61. The molecule has 1 aliphatic heterocycles. The second kappa shape index (κ2) is 7.73. The largest absolute Gasteiger partial charge is 0.354 e. The number of rotatable bonds is 5. The maximum Gasteiger partial charge on any atom is 0.133 e. The molecule has 3 heterocycles. The zero-order chi connectivity index (χ0) is 16.9. The highest BCUT2D eigenvalue weighted by Gasteiger charge is 2.18. The minimum atomic E-state index is 0.262. The van der Waals surface area contributed by atoms with Crippen LogP contribution in [0.4, 0.5) is 5.82 Å². The van der Waals surface area contributed by atoms with Gasteiger partial charge in [-0.15, -0.1) is 0 Å². The van der Waals surface area contributed by atoms with Gasteiger partial charge in [0.2, 0.25) is 0 Å². The van der Waals surface area contributed by atoms with Gasteiger partial charge in [-0.1, -0.05) is 12.1 Å². The third kappa shape index (κ3) is 4.10. The number of nitrogens with zero attached hydrogens (tertiary/aromatic N) is 4. The summed E-state index contributed by atoms with van der Waals surface area (Å²) in [6.07, 6.45) is 5.73. The lowest BCUT2D eigenvalue weighted by atomic mass is 10.1. The van der Waals surface area contributed by atoms with Crippen molar-refractivity contribution in [3.05, 3.63) is 53.5 Å². The van der Waals surface area contributed by atoms with Crippen molar-refractivity contribution in [3.63, 3.8) is 0 Å². The second-order valence-electron chi connectivity index (χ2n) is 6.67. The lowest BCUT2D eigenvalue weighted by molar-refractivity contribution is 0.311. The van der Waals surface area contributed by atoms with Crippen LogP contribution in [0.3, 0.4) is 0 Å². The highest BCUT2D eigenvalue weighted by atomic mass is 15.3. The number of hydrogen-bond acceptors (Lipinski definition) is 5. The zero-order valence-corrected chi connectivity index (χ0v) is 14.9. The number of likely N-dealkylation sites (N-methyl/N-ethyl adjacent to an activating group) is 1. The molecular weight excluding hydrogens is 298 g/mol. The predicted octanol–water partition coefficient (Wildman–Crippen LogP) is 2.39. The van der Waals surface area contributed by atoms with E-state index >= 15 is 0 Å². The Morgan fingerprint density at radius 1 is 1.21 bits per heavy atom. The molecule has 128 valence electrons. The highest BCUT2D eigenvalue weighted by Crippen LogP contribution is 2.20. The molecule has 1 saturated heterocycles. The number of pyridine rings is 2. The van der Waals surface area contributed by atoms with E-state index in [1.807, 2.05) is 24.7 Å². The first-order chi connectivity index (χ1) is 11.6. The van der Waals surface area contributed by atoms with Crippen molar-refractivity contribution in [3.8, 4) is 0 Å². The number of aromatic nitrogens is 2. The Hall–Kier alpha value is -1.98. The maximum absolute atomic E-state index is 4.65. The molecule has 0 aromatic carbocycles. The number of piperazine rings is 1. The summed E-state index contributed by atoms with van der Waals surface area (Å²) < 4.78 is 0. The third-order valence-electron chi connectivity index (χ3n) is 4.67. The van der Waals surface area contributed by atoms with Crippen LogP contribution in [0.25, 0.3) is 0 Å². The molecule has 24 heavy (non-hydrogen) atoms. The summed E-state index contributed by atoms with van der Waals surface area (Å²) >= 11 is 0. The van der Waals surface area contributed by atoms with E-state index in [0.717, 1.165) is 38.5 Å². The topological polar surface area (TPSA) is 44.3 Å². The van der Waals surface area contributed by atoms with Crippen molar-refractivity contribution >= 4 is 5.82 Å². The third-order valence-corrected chi connectivity index (χ3v) is 4.67. The van der Waals surface area contributed by atoms with Crippen LogP contribution in [0.1, 0.15) is 29.7 Å². The average molecular weight is 325 g/mol. The summed E-state index contributed by atoms with van der Waals surface area (Å²) in [6, 6.07) is 6.65. The van der Waals surface area contributed by atoms with Gasteiger partial charge in [-0.3, -0.25) is 4.98 Å². The number of hydrogen-bond donors (Lipinski definition) is 1. The van der Waals surface area contributed by atoms with Crippen LogP contribution < -0.4 is 10.2 Å². The van der Waals surface area contributed by atoms with Crippen LogP contribution in [-0.2, 0) is 6.54 Å². The Morgan fingerprint density at radius 3 is 2.75 bits per heavy atom. The minimum absolute atomic E-state index is 0.262. The monoisotopic (exact) mass is 325 g/mol. The van der Waals surface area contributed by atoms with E-state index in [2.05, 4.69) is 58.1 Å². The Morgan fingerprint density at radius 2 is 2.00 bits per heavy atom. The van der Waals surface area contributed by atoms with Gasteiger partial charge in [-0.05, 0) is 38.1 Å². The van der Waals surface area contributed by atoms with Crippen LogP contribution in [-0.4, -0.2) is 48.1 Å². The van der Waals surface area contributed by atoms with Gasteiger partial charge in [0, 0.05) is 62.9 Å². The Kier molecular flexibility index (Phi) is 5.43. The first kappa shape index (κ1) is 16.9. The SMILES string of the molecule is Cc1cncc(C(C)NCc2cccnc2N2CCN(C)CC2)c1. The molecule has 0 radical (unpaired) electrons. The summed E-state index contributed by atoms with van der Waals surface area (Å²) in [4.78, 5) is 13.7. The molecule has 5 heteroatoms. The van der Waals surface area contributed by atoms with E-state index in [1.54, 1.807) is 0 Å². The van der Waals surface area contributed by atoms with Gasteiger partial charge < -0.3 is 15.1 Å². The fourth-order valence-electron chi connectivity index (χ4n) is 3.07. The highest BCUT2D eigenvalue weighted by molar-refractivity contribution is 5.47. The molecule has 1 aliphatic rings.